The first-order valence-corrected chi connectivity index (χ1v) is 35.7. The molecule has 0 aromatic rings. The Labute approximate surface area is 430 Å². The lowest BCUT2D eigenvalue weighted by molar-refractivity contribution is -0.222. The molecule has 1 amide bonds. The summed E-state index contributed by atoms with van der Waals surface area (Å²) in [5, 5.41) is 3.33. The molecule has 0 spiro atoms. The minimum atomic E-state index is -2.16. The Hall–Kier alpha value is -1.67. The second kappa shape index (κ2) is 29.4. The second-order valence-corrected chi connectivity index (χ2v) is 35.5. The van der Waals surface area contributed by atoms with Crippen molar-refractivity contribution < 1.29 is 46.6 Å². The lowest BCUT2D eigenvalue weighted by atomic mass is 9.88. The maximum Gasteiger partial charge on any atom is 0.410 e. The summed E-state index contributed by atoms with van der Waals surface area (Å²) in [6, 6.07) is 9.37. The van der Waals surface area contributed by atoms with Gasteiger partial charge in [0.25, 0.3) is 0 Å². The number of nitrogens with one attached hydrogen (secondary N) is 1. The van der Waals surface area contributed by atoms with Crippen LogP contribution in [0.2, 0.25) is 54.4 Å². The van der Waals surface area contributed by atoms with Gasteiger partial charge in [-0.3, -0.25) is 4.79 Å². The van der Waals surface area contributed by atoms with Crippen LogP contribution in [0.1, 0.15) is 150 Å². The molecule has 3 aliphatic rings. The summed E-state index contributed by atoms with van der Waals surface area (Å²) in [7, 11) is -6.01. The summed E-state index contributed by atoms with van der Waals surface area (Å²) in [5.41, 5.74) is -0.678. The normalized spacial score (nSPS) is 28.3. The van der Waals surface area contributed by atoms with Crippen molar-refractivity contribution in [1.29, 1.82) is 0 Å². The molecular weight excluding hydrogens is 933 g/mol. The van der Waals surface area contributed by atoms with E-state index >= 15 is 0 Å². The van der Waals surface area contributed by atoms with E-state index in [4.69, 9.17) is 37.0 Å². The standard InChI is InChI=1S/C55H104N2O10Si3/c1-18-47(66-69(23-6,24-7)25-8)44(14)52-48(61-52)41-54(16,67-70(26-9,27-10)28-11)34-29-30-42(12)51-43(13)31-32-49(62-53(59)57-38-36-56-37-39-57)55(17,64-45(15)60-19-2)35-33-46(40-50(58)63-51)65-68(20-3,21-4)22-5/h29-32,34,43-49,51-52,56H,18-28,33,35-41H2,1-17H3/b32-31+,34-29+,42-30+/t43-,44+,45?,46?,47?,48+,49-,51+,52+,54-,55+/m0/s1. The molecule has 0 radical (unpaired) electrons. The van der Waals surface area contributed by atoms with Gasteiger partial charge < -0.3 is 47.2 Å². The van der Waals surface area contributed by atoms with Crippen LogP contribution in [-0.2, 0) is 41.8 Å². The number of rotatable bonds is 28. The van der Waals surface area contributed by atoms with Gasteiger partial charge in [0.1, 0.15) is 11.7 Å². The molecule has 1 N–H and O–H groups in total. The largest absolute Gasteiger partial charge is 0.457 e. The molecule has 0 aromatic heterocycles. The van der Waals surface area contributed by atoms with Gasteiger partial charge in [0.05, 0.1) is 30.3 Å². The van der Waals surface area contributed by atoms with Crippen molar-refractivity contribution in [2.75, 3.05) is 32.8 Å². The molecule has 0 bridgehead atoms. The van der Waals surface area contributed by atoms with Gasteiger partial charge >= 0.3 is 12.1 Å². The summed E-state index contributed by atoms with van der Waals surface area (Å²) >= 11 is 0. The monoisotopic (exact) mass is 1040 g/mol. The summed E-state index contributed by atoms with van der Waals surface area (Å²) in [4.78, 5) is 30.0. The van der Waals surface area contributed by atoms with Crippen molar-refractivity contribution >= 4 is 37.0 Å². The van der Waals surface area contributed by atoms with Crippen LogP contribution < -0.4 is 5.32 Å². The van der Waals surface area contributed by atoms with Crippen LogP contribution >= 0.6 is 0 Å². The van der Waals surface area contributed by atoms with Crippen LogP contribution in [0.4, 0.5) is 4.79 Å². The third-order valence-electron chi connectivity index (χ3n) is 16.8. The number of allylic oxidation sites excluding steroid dienone is 2. The predicted molar refractivity (Wildman–Crippen MR) is 294 cm³/mol. The third-order valence-corrected chi connectivity index (χ3v) is 30.9. The molecule has 406 valence electrons. The lowest BCUT2D eigenvalue weighted by Crippen LogP contribution is -2.52. The van der Waals surface area contributed by atoms with Crippen molar-refractivity contribution in [2.45, 2.75) is 258 Å². The van der Waals surface area contributed by atoms with Crippen LogP contribution in [0.25, 0.3) is 0 Å². The molecule has 3 unspecified atom stereocenters. The first-order chi connectivity index (χ1) is 33.2. The highest BCUT2D eigenvalue weighted by Gasteiger charge is 2.51. The number of cyclic esters (lactones) is 1. The number of esters is 1. The minimum Gasteiger partial charge on any atom is -0.457 e. The summed E-state index contributed by atoms with van der Waals surface area (Å²) in [6.45, 7) is 40.1. The van der Waals surface area contributed by atoms with Crippen molar-refractivity contribution in [2.24, 2.45) is 11.8 Å². The average Bonchev–Trinajstić information content (AvgIpc) is 4.13. The quantitative estimate of drug-likeness (QED) is 0.0201. The molecule has 2 saturated heterocycles. The highest BCUT2D eigenvalue weighted by molar-refractivity contribution is 6.74. The van der Waals surface area contributed by atoms with E-state index in [1.165, 1.54) is 0 Å². The van der Waals surface area contributed by atoms with Gasteiger partial charge in [-0.05, 0) is 120 Å². The number of hydrogen-bond acceptors (Lipinski definition) is 11. The van der Waals surface area contributed by atoms with Crippen molar-refractivity contribution in [3.63, 3.8) is 0 Å². The van der Waals surface area contributed by atoms with Gasteiger partial charge in [0.2, 0.25) is 0 Å². The Morgan fingerprint density at radius 1 is 0.900 bits per heavy atom. The summed E-state index contributed by atoms with van der Waals surface area (Å²) < 4.78 is 53.9. The van der Waals surface area contributed by atoms with Gasteiger partial charge in [-0.2, -0.15) is 0 Å². The van der Waals surface area contributed by atoms with Crippen LogP contribution in [-0.4, -0.2) is 129 Å². The van der Waals surface area contributed by atoms with Crippen molar-refractivity contribution in [1.82, 2.24) is 10.2 Å². The number of hydrogen-bond donors (Lipinski definition) is 1. The van der Waals surface area contributed by atoms with Crippen molar-refractivity contribution in [3.8, 4) is 0 Å². The molecule has 0 aliphatic carbocycles. The van der Waals surface area contributed by atoms with Crippen LogP contribution in [0, 0.1) is 11.8 Å². The van der Waals surface area contributed by atoms with Crippen LogP contribution in [0.15, 0.2) is 36.0 Å². The number of amides is 1. The van der Waals surface area contributed by atoms with Gasteiger partial charge in [0, 0.05) is 57.1 Å². The fourth-order valence-corrected chi connectivity index (χ4v) is 20.1. The van der Waals surface area contributed by atoms with E-state index < -0.39 is 60.8 Å². The Kier molecular flexibility index (Phi) is 26.3. The van der Waals surface area contributed by atoms with Gasteiger partial charge in [0.15, 0.2) is 37.3 Å². The Bertz CT molecular complexity index is 1620. The van der Waals surface area contributed by atoms with E-state index in [-0.39, 0.29) is 48.6 Å². The third kappa shape index (κ3) is 17.7. The smallest absolute Gasteiger partial charge is 0.410 e. The Balaban J connectivity index is 2.09. The molecule has 3 heterocycles. The van der Waals surface area contributed by atoms with Gasteiger partial charge in [-0.25, -0.2) is 4.79 Å². The fourth-order valence-electron chi connectivity index (χ4n) is 11.1. The zero-order chi connectivity index (χ0) is 52.3. The molecule has 3 aliphatic heterocycles. The predicted octanol–water partition coefficient (Wildman–Crippen LogP) is 13.1. The number of carbonyl (C=O) groups excluding carboxylic acids is 2. The molecular formula is C55H104N2O10Si3. The average molecular weight is 1040 g/mol. The highest BCUT2D eigenvalue weighted by atomic mass is 28.4. The fraction of sp³-hybridized carbons (Fsp3) is 0.855. The van der Waals surface area contributed by atoms with Crippen molar-refractivity contribution in [3.05, 3.63) is 36.0 Å². The van der Waals surface area contributed by atoms with E-state index in [1.54, 1.807) is 4.90 Å². The lowest BCUT2D eigenvalue weighted by Gasteiger charge is -2.41. The van der Waals surface area contributed by atoms with Gasteiger partial charge in [-0.1, -0.05) is 107 Å². The minimum absolute atomic E-state index is 0.0768. The number of nitrogens with zero attached hydrogens (tertiary/aromatic N) is 1. The highest BCUT2D eigenvalue weighted by Crippen LogP contribution is 2.43. The van der Waals surface area contributed by atoms with Crippen LogP contribution in [0.5, 0.6) is 0 Å². The SMILES string of the molecule is CCOC(C)O[C@]1(C)CCC(O[Si](CC)(CC)CC)CC(=O)O[C@H](/C(C)=C/C=C/[C@@](C)(C[C@H]2O[C@@H]2[C@H](C)C(CC)O[Si](CC)(CC)CC)O[Si](CC)(CC)CC)[C@@H](C)/C=C/[C@@H]1OC(=O)N1CCNCC1. The van der Waals surface area contributed by atoms with Crippen LogP contribution in [0.3, 0.4) is 0 Å². The zero-order valence-electron chi connectivity index (χ0n) is 47.5. The molecule has 70 heavy (non-hydrogen) atoms. The van der Waals surface area contributed by atoms with E-state index in [0.717, 1.165) is 72.8 Å². The molecule has 0 saturated carbocycles. The molecule has 0 aromatic carbocycles. The first-order valence-electron chi connectivity index (χ1n) is 28.1. The zero-order valence-corrected chi connectivity index (χ0v) is 50.5. The maximum absolute atomic E-state index is 14.3. The first kappa shape index (κ1) is 62.6. The number of ether oxygens (including phenoxy) is 5. The number of carbonyl (C=O) groups is 2. The maximum atomic E-state index is 14.3. The number of epoxide rings is 1. The molecule has 12 nitrogen and oxygen atoms in total. The molecule has 11 atom stereocenters. The second-order valence-electron chi connectivity index (χ2n) is 21.3. The Morgan fingerprint density at radius 2 is 1.49 bits per heavy atom. The van der Waals surface area contributed by atoms with Gasteiger partial charge in [-0.15, -0.1) is 0 Å². The summed E-state index contributed by atoms with van der Waals surface area (Å²) in [5.74, 6) is -0.291. The van der Waals surface area contributed by atoms with E-state index in [2.05, 4.69) is 114 Å². The number of piperazine rings is 1. The topological polar surface area (TPSA) is 127 Å². The molecule has 15 heteroatoms. The summed E-state index contributed by atoms with van der Waals surface area (Å²) in [6.07, 6.45) is 10.9. The Morgan fingerprint density at radius 3 is 2.03 bits per heavy atom. The van der Waals surface area contributed by atoms with E-state index in [0.29, 0.717) is 45.6 Å². The molecule has 2 fully saturated rings. The molecule has 3 rings (SSSR count). The van der Waals surface area contributed by atoms with E-state index in [1.807, 2.05) is 39.8 Å². The van der Waals surface area contributed by atoms with E-state index in [9.17, 15) is 9.59 Å².